The Morgan fingerprint density at radius 1 is 1.50 bits per heavy atom. The number of aliphatic hydroxyl groups is 1. The Hall–Kier alpha value is -1.04. The molecule has 2 aliphatic carbocycles. The summed E-state index contributed by atoms with van der Waals surface area (Å²) in [6, 6.07) is 2.12. The first-order valence-electron chi connectivity index (χ1n) is 7.74. The van der Waals surface area contributed by atoms with Gasteiger partial charge in [-0.25, -0.2) is 0 Å². The van der Waals surface area contributed by atoms with Gasteiger partial charge < -0.3 is 20.3 Å². The lowest BCUT2D eigenvalue weighted by Gasteiger charge is -2.35. The van der Waals surface area contributed by atoms with Crippen LogP contribution in [0.5, 0.6) is 11.5 Å². The average molecular weight is 366 g/mol. The summed E-state index contributed by atoms with van der Waals surface area (Å²) in [6.07, 6.45) is 6.90. The Kier molecular flexibility index (Phi) is 3.29. The van der Waals surface area contributed by atoms with Crippen LogP contribution < -0.4 is 15.2 Å². The molecular formula is C17H20BrNO3. The molecule has 4 rings (SSSR count). The van der Waals surface area contributed by atoms with E-state index in [4.69, 9.17) is 15.2 Å². The molecule has 3 N–H and O–H groups in total. The van der Waals surface area contributed by atoms with Crippen LogP contribution in [0.15, 0.2) is 22.7 Å². The Morgan fingerprint density at radius 2 is 2.32 bits per heavy atom. The van der Waals surface area contributed by atoms with E-state index in [0.29, 0.717) is 6.42 Å². The minimum atomic E-state index is -0.445. The number of ether oxygens (including phenoxy) is 2. The van der Waals surface area contributed by atoms with Crippen LogP contribution in [0.25, 0.3) is 0 Å². The van der Waals surface area contributed by atoms with E-state index in [0.717, 1.165) is 35.2 Å². The van der Waals surface area contributed by atoms with E-state index in [1.54, 1.807) is 7.11 Å². The van der Waals surface area contributed by atoms with Gasteiger partial charge >= 0.3 is 0 Å². The van der Waals surface area contributed by atoms with Crippen molar-refractivity contribution in [3.8, 4) is 11.5 Å². The van der Waals surface area contributed by atoms with Crippen LogP contribution in [-0.2, 0) is 11.8 Å². The molecule has 1 spiro atoms. The fourth-order valence-corrected chi connectivity index (χ4v) is 4.77. The molecule has 1 aromatic rings. The van der Waals surface area contributed by atoms with Crippen molar-refractivity contribution in [2.45, 2.75) is 49.3 Å². The first-order valence-corrected chi connectivity index (χ1v) is 8.54. The molecule has 0 aromatic heterocycles. The van der Waals surface area contributed by atoms with Crippen LogP contribution in [0, 0.1) is 0 Å². The van der Waals surface area contributed by atoms with Gasteiger partial charge in [0.15, 0.2) is 11.5 Å². The second kappa shape index (κ2) is 4.98. The highest BCUT2D eigenvalue weighted by atomic mass is 79.9. The van der Waals surface area contributed by atoms with Gasteiger partial charge in [-0.05, 0) is 30.9 Å². The molecule has 3 aliphatic rings. The quantitative estimate of drug-likeness (QED) is 0.750. The van der Waals surface area contributed by atoms with Crippen molar-refractivity contribution in [1.29, 1.82) is 0 Å². The Morgan fingerprint density at radius 3 is 3.09 bits per heavy atom. The summed E-state index contributed by atoms with van der Waals surface area (Å²) in [5, 5.41) is 10.0. The lowest BCUT2D eigenvalue weighted by Crippen LogP contribution is -2.42. The fourth-order valence-electron chi connectivity index (χ4n) is 4.20. The van der Waals surface area contributed by atoms with E-state index in [2.05, 4.69) is 22.0 Å². The van der Waals surface area contributed by atoms with E-state index in [9.17, 15) is 5.11 Å². The molecule has 22 heavy (non-hydrogen) atoms. The summed E-state index contributed by atoms with van der Waals surface area (Å²) in [4.78, 5) is 0. The molecule has 0 saturated heterocycles. The van der Waals surface area contributed by atoms with Crippen LogP contribution in [0.3, 0.4) is 0 Å². The molecule has 4 nitrogen and oxygen atoms in total. The maximum Gasteiger partial charge on any atom is 0.166 e. The Labute approximate surface area is 138 Å². The van der Waals surface area contributed by atoms with Crippen molar-refractivity contribution in [3.05, 3.63) is 33.8 Å². The van der Waals surface area contributed by atoms with Gasteiger partial charge in [0.05, 0.1) is 18.6 Å². The topological polar surface area (TPSA) is 64.7 Å². The molecule has 0 radical (unpaired) electrons. The summed E-state index contributed by atoms with van der Waals surface area (Å²) in [6.45, 7) is 0. The Bertz CT molecular complexity index is 660. The molecule has 1 heterocycles. The number of halogens is 1. The van der Waals surface area contributed by atoms with Gasteiger partial charge in [-0.15, -0.1) is 0 Å². The molecule has 1 aromatic carbocycles. The van der Waals surface area contributed by atoms with Gasteiger partial charge in [-0.3, -0.25) is 0 Å². The third kappa shape index (κ3) is 1.88. The third-order valence-corrected chi connectivity index (χ3v) is 5.99. The number of aliphatic hydroxyl groups excluding tert-OH is 1. The highest BCUT2D eigenvalue weighted by Gasteiger charge is 2.53. The summed E-state index contributed by atoms with van der Waals surface area (Å²) < 4.78 is 12.8. The molecule has 0 bridgehead atoms. The van der Waals surface area contributed by atoms with Gasteiger partial charge in [0.25, 0.3) is 0 Å². The number of methoxy groups -OCH3 is 1. The van der Waals surface area contributed by atoms with Crippen molar-refractivity contribution in [2.75, 3.05) is 7.11 Å². The minimum Gasteiger partial charge on any atom is -0.493 e. The zero-order chi connectivity index (χ0) is 15.5. The largest absolute Gasteiger partial charge is 0.493 e. The number of nitrogens with two attached hydrogens (primary N) is 1. The fraction of sp³-hybridized carbons (Fsp3) is 0.529. The summed E-state index contributed by atoms with van der Waals surface area (Å²) in [5.41, 5.74) is 8.55. The molecular weight excluding hydrogens is 346 g/mol. The van der Waals surface area contributed by atoms with E-state index < -0.39 is 6.10 Å². The lowest BCUT2D eigenvalue weighted by molar-refractivity contribution is 0.0838. The van der Waals surface area contributed by atoms with Crippen molar-refractivity contribution in [2.24, 2.45) is 5.73 Å². The molecule has 1 aliphatic heterocycles. The number of hydrogen-bond donors (Lipinski definition) is 2. The average Bonchev–Trinajstić information content (AvgIpc) is 2.74. The van der Waals surface area contributed by atoms with Crippen molar-refractivity contribution in [1.82, 2.24) is 0 Å². The first kappa shape index (κ1) is 14.5. The van der Waals surface area contributed by atoms with Gasteiger partial charge in [-0.2, -0.15) is 0 Å². The van der Waals surface area contributed by atoms with Gasteiger partial charge in [-0.1, -0.05) is 28.1 Å². The van der Waals surface area contributed by atoms with Crippen LogP contribution >= 0.6 is 15.9 Å². The van der Waals surface area contributed by atoms with Gasteiger partial charge in [0, 0.05) is 22.5 Å². The van der Waals surface area contributed by atoms with E-state index in [1.807, 2.05) is 12.1 Å². The highest BCUT2D eigenvalue weighted by molar-refractivity contribution is 9.10. The summed E-state index contributed by atoms with van der Waals surface area (Å²) in [7, 11) is 1.66. The molecule has 5 heteroatoms. The zero-order valence-electron chi connectivity index (χ0n) is 12.5. The third-order valence-electron chi connectivity index (χ3n) is 5.29. The predicted molar refractivity (Wildman–Crippen MR) is 87.5 cm³/mol. The Balaban J connectivity index is 2.00. The van der Waals surface area contributed by atoms with Crippen LogP contribution in [0.2, 0.25) is 0 Å². The molecule has 0 unspecified atom stereocenters. The zero-order valence-corrected chi connectivity index (χ0v) is 14.1. The first-order chi connectivity index (χ1) is 10.5. The summed E-state index contributed by atoms with van der Waals surface area (Å²) >= 11 is 3.69. The highest BCUT2D eigenvalue weighted by Crippen LogP contribution is 2.57. The summed E-state index contributed by atoms with van der Waals surface area (Å²) in [5.74, 6) is 1.58. The van der Waals surface area contributed by atoms with Gasteiger partial charge in [0.1, 0.15) is 6.10 Å². The van der Waals surface area contributed by atoms with E-state index >= 15 is 0 Å². The van der Waals surface area contributed by atoms with Crippen molar-refractivity contribution in [3.63, 3.8) is 0 Å². The monoisotopic (exact) mass is 365 g/mol. The number of hydrogen-bond acceptors (Lipinski definition) is 4. The SMILES string of the molecule is COc1cc(Br)c2c3c1O[C@H]1C[C@@H](O)C=C[C@@]31CC[C@@H](N)C2. The minimum absolute atomic E-state index is 0.0465. The van der Waals surface area contributed by atoms with Gasteiger partial charge in [0.2, 0.25) is 0 Å². The second-order valence-electron chi connectivity index (χ2n) is 6.56. The van der Waals surface area contributed by atoms with Crippen LogP contribution in [0.1, 0.15) is 30.4 Å². The molecule has 0 saturated carbocycles. The smallest absolute Gasteiger partial charge is 0.166 e. The van der Waals surface area contributed by atoms with Crippen molar-refractivity contribution >= 4 is 15.9 Å². The van der Waals surface area contributed by atoms with Crippen LogP contribution in [0.4, 0.5) is 0 Å². The molecule has 0 fully saturated rings. The molecule has 118 valence electrons. The molecule has 0 amide bonds. The normalized spacial score (nSPS) is 35.4. The predicted octanol–water partition coefficient (Wildman–Crippen LogP) is 2.44. The maximum absolute atomic E-state index is 10.0. The van der Waals surface area contributed by atoms with Crippen LogP contribution in [-0.4, -0.2) is 30.5 Å². The standard InChI is InChI=1S/C17H20BrNO3/c1-21-13-8-12(18)11-6-9(19)2-4-17-5-3-10(20)7-14(17)22-16(13)15(11)17/h3,5,8-10,14,20H,2,4,6-7,19H2,1H3/t9-,10+,14+,17-/m1/s1. The van der Waals surface area contributed by atoms with Crippen molar-refractivity contribution < 1.29 is 14.6 Å². The second-order valence-corrected chi connectivity index (χ2v) is 7.41. The van der Waals surface area contributed by atoms with E-state index in [1.165, 1.54) is 11.1 Å². The maximum atomic E-state index is 10.0. The lowest BCUT2D eigenvalue weighted by atomic mass is 9.69. The van der Waals surface area contributed by atoms with E-state index in [-0.39, 0.29) is 17.6 Å². The molecule has 4 atom stereocenters. The number of benzene rings is 1. The number of rotatable bonds is 1.